The monoisotopic (exact) mass is 440 g/mol. The highest BCUT2D eigenvalue weighted by Gasteiger charge is 2.19. The second-order valence-electron chi connectivity index (χ2n) is 8.49. The van der Waals surface area contributed by atoms with Gasteiger partial charge in [0.25, 0.3) is 0 Å². The standard InChI is InChI=1S/C26H28N6O/c1-18-11-22(12-24(33-3)19(18)2)32-16-25(28-17-32)30-26-27-13-21-15-31(10-9-23(21)29-26)14-20-7-5-4-6-8-20/h4-8,11-13,16-17H,9-10,14-15H2,1-3H3,(H,27,29,30). The van der Waals surface area contributed by atoms with Gasteiger partial charge in [0.15, 0.2) is 5.82 Å². The van der Waals surface area contributed by atoms with E-state index in [1.54, 1.807) is 13.4 Å². The molecule has 0 unspecified atom stereocenters. The van der Waals surface area contributed by atoms with Gasteiger partial charge in [0.1, 0.15) is 12.1 Å². The first-order valence-corrected chi connectivity index (χ1v) is 11.2. The second-order valence-corrected chi connectivity index (χ2v) is 8.49. The lowest BCUT2D eigenvalue weighted by Crippen LogP contribution is -2.31. The zero-order chi connectivity index (χ0) is 22.8. The van der Waals surface area contributed by atoms with Crippen molar-refractivity contribution in [3.63, 3.8) is 0 Å². The fourth-order valence-corrected chi connectivity index (χ4v) is 4.22. The minimum absolute atomic E-state index is 0.577. The highest BCUT2D eigenvalue weighted by molar-refractivity contribution is 5.52. The SMILES string of the molecule is COc1cc(-n2cnc(Nc3ncc4c(n3)CCN(Cc3ccccc3)C4)c2)cc(C)c1C. The third-order valence-corrected chi connectivity index (χ3v) is 6.21. The van der Waals surface area contributed by atoms with Crippen LogP contribution in [-0.4, -0.2) is 38.1 Å². The number of ether oxygens (including phenoxy) is 1. The first-order valence-electron chi connectivity index (χ1n) is 11.2. The van der Waals surface area contributed by atoms with Gasteiger partial charge >= 0.3 is 0 Å². The maximum atomic E-state index is 5.51. The van der Waals surface area contributed by atoms with Crippen molar-refractivity contribution in [1.29, 1.82) is 0 Å². The Kier molecular flexibility index (Phi) is 5.79. The number of aryl methyl sites for hydroxylation is 1. The van der Waals surface area contributed by atoms with E-state index in [1.165, 1.54) is 16.7 Å². The van der Waals surface area contributed by atoms with Crippen LogP contribution in [0.3, 0.4) is 0 Å². The zero-order valence-corrected chi connectivity index (χ0v) is 19.2. The molecule has 2 aromatic carbocycles. The number of aromatic nitrogens is 4. The molecule has 7 heteroatoms. The number of hydrogen-bond acceptors (Lipinski definition) is 6. The molecule has 0 spiro atoms. The molecule has 0 bridgehead atoms. The summed E-state index contributed by atoms with van der Waals surface area (Å²) in [7, 11) is 1.70. The van der Waals surface area contributed by atoms with Gasteiger partial charge in [-0.2, -0.15) is 0 Å². The normalized spacial score (nSPS) is 13.5. The van der Waals surface area contributed by atoms with E-state index in [9.17, 15) is 0 Å². The van der Waals surface area contributed by atoms with Crippen molar-refractivity contribution in [2.45, 2.75) is 33.4 Å². The lowest BCUT2D eigenvalue weighted by atomic mass is 10.1. The van der Waals surface area contributed by atoms with E-state index >= 15 is 0 Å². The van der Waals surface area contributed by atoms with Gasteiger partial charge in [-0.1, -0.05) is 30.3 Å². The number of imidazole rings is 1. The fraction of sp³-hybridized carbons (Fsp3) is 0.269. The van der Waals surface area contributed by atoms with Gasteiger partial charge in [-0.05, 0) is 36.6 Å². The predicted octanol–water partition coefficient (Wildman–Crippen LogP) is 4.59. The summed E-state index contributed by atoms with van der Waals surface area (Å²) in [6.45, 7) is 6.95. The summed E-state index contributed by atoms with van der Waals surface area (Å²) < 4.78 is 7.48. The molecular weight excluding hydrogens is 412 g/mol. The molecule has 2 aromatic heterocycles. The van der Waals surface area contributed by atoms with Crippen LogP contribution in [0.4, 0.5) is 11.8 Å². The number of anilines is 2. The van der Waals surface area contributed by atoms with E-state index in [0.717, 1.165) is 48.7 Å². The quantitative estimate of drug-likeness (QED) is 0.473. The van der Waals surface area contributed by atoms with Gasteiger partial charge in [0.2, 0.25) is 5.95 Å². The number of benzene rings is 2. The van der Waals surface area contributed by atoms with E-state index in [-0.39, 0.29) is 0 Å². The van der Waals surface area contributed by atoms with Crippen molar-refractivity contribution >= 4 is 11.8 Å². The molecule has 3 heterocycles. The molecule has 7 nitrogen and oxygen atoms in total. The van der Waals surface area contributed by atoms with Crippen molar-refractivity contribution in [1.82, 2.24) is 24.4 Å². The molecule has 0 radical (unpaired) electrons. The smallest absolute Gasteiger partial charge is 0.228 e. The largest absolute Gasteiger partial charge is 0.496 e. The molecule has 1 N–H and O–H groups in total. The minimum atomic E-state index is 0.577. The Morgan fingerprint density at radius 3 is 2.76 bits per heavy atom. The summed E-state index contributed by atoms with van der Waals surface area (Å²) in [4.78, 5) is 16.2. The van der Waals surface area contributed by atoms with E-state index in [4.69, 9.17) is 9.72 Å². The van der Waals surface area contributed by atoms with Gasteiger partial charge in [-0.15, -0.1) is 0 Å². The molecule has 0 saturated heterocycles. The molecule has 4 aromatic rings. The summed E-state index contributed by atoms with van der Waals surface area (Å²) in [5, 5.41) is 3.25. The summed E-state index contributed by atoms with van der Waals surface area (Å²) in [6.07, 6.45) is 6.57. The van der Waals surface area contributed by atoms with E-state index in [1.807, 2.05) is 23.0 Å². The fourth-order valence-electron chi connectivity index (χ4n) is 4.22. The Bertz CT molecular complexity index is 1270. The molecule has 0 aliphatic carbocycles. The maximum Gasteiger partial charge on any atom is 0.228 e. The van der Waals surface area contributed by atoms with Gasteiger partial charge in [-0.25, -0.2) is 15.0 Å². The first-order chi connectivity index (χ1) is 16.1. The molecular formula is C26H28N6O. The van der Waals surface area contributed by atoms with Gasteiger partial charge in [0, 0.05) is 43.9 Å². The number of hydrogen-bond donors (Lipinski definition) is 1. The molecule has 0 saturated carbocycles. The van der Waals surface area contributed by atoms with E-state index in [2.05, 4.69) is 70.4 Å². The van der Waals surface area contributed by atoms with Crippen LogP contribution in [0, 0.1) is 13.8 Å². The zero-order valence-electron chi connectivity index (χ0n) is 19.2. The molecule has 1 aliphatic heterocycles. The number of nitrogens with one attached hydrogen (secondary N) is 1. The van der Waals surface area contributed by atoms with Crippen molar-refractivity contribution in [2.24, 2.45) is 0 Å². The average molecular weight is 441 g/mol. The Morgan fingerprint density at radius 2 is 1.94 bits per heavy atom. The van der Waals surface area contributed by atoms with E-state index in [0.29, 0.717) is 11.8 Å². The van der Waals surface area contributed by atoms with Gasteiger partial charge in [-0.3, -0.25) is 4.90 Å². The third kappa shape index (κ3) is 4.59. The Morgan fingerprint density at radius 1 is 1.09 bits per heavy atom. The summed E-state index contributed by atoms with van der Waals surface area (Å²) in [5.41, 5.74) is 6.94. The molecule has 1 aliphatic rings. The number of rotatable bonds is 6. The lowest BCUT2D eigenvalue weighted by Gasteiger charge is -2.28. The molecule has 0 atom stereocenters. The second kappa shape index (κ2) is 9.03. The number of nitrogens with zero attached hydrogens (tertiary/aromatic N) is 5. The van der Waals surface area contributed by atoms with E-state index < -0.39 is 0 Å². The third-order valence-electron chi connectivity index (χ3n) is 6.21. The summed E-state index contributed by atoms with van der Waals surface area (Å²) in [5.74, 6) is 2.15. The molecule has 0 amide bonds. The van der Waals surface area contributed by atoms with Gasteiger partial charge in [0.05, 0.1) is 24.7 Å². The predicted molar refractivity (Wildman–Crippen MR) is 129 cm³/mol. The Hall–Kier alpha value is -3.71. The lowest BCUT2D eigenvalue weighted by molar-refractivity contribution is 0.243. The number of methoxy groups -OCH3 is 1. The molecule has 168 valence electrons. The Balaban J connectivity index is 1.28. The van der Waals surface area contributed by atoms with Crippen LogP contribution < -0.4 is 10.1 Å². The highest BCUT2D eigenvalue weighted by atomic mass is 16.5. The van der Waals surface area contributed by atoms with Crippen LogP contribution in [0.1, 0.15) is 27.9 Å². The molecule has 33 heavy (non-hydrogen) atoms. The molecule has 5 rings (SSSR count). The van der Waals surface area contributed by atoms with Crippen LogP contribution in [-0.2, 0) is 19.5 Å². The van der Waals surface area contributed by atoms with Crippen LogP contribution >= 0.6 is 0 Å². The number of fused-ring (bicyclic) bond motifs is 1. The Labute approximate surface area is 194 Å². The topological polar surface area (TPSA) is 68.1 Å². The van der Waals surface area contributed by atoms with Crippen molar-refractivity contribution in [2.75, 3.05) is 19.0 Å². The summed E-state index contributed by atoms with van der Waals surface area (Å²) in [6, 6.07) is 14.7. The van der Waals surface area contributed by atoms with Gasteiger partial charge < -0.3 is 14.6 Å². The minimum Gasteiger partial charge on any atom is -0.496 e. The van der Waals surface area contributed by atoms with Crippen LogP contribution in [0.15, 0.2) is 61.2 Å². The summed E-state index contributed by atoms with van der Waals surface area (Å²) >= 11 is 0. The van der Waals surface area contributed by atoms with Crippen LogP contribution in [0.25, 0.3) is 5.69 Å². The van der Waals surface area contributed by atoms with Crippen LogP contribution in [0.5, 0.6) is 5.75 Å². The van der Waals surface area contributed by atoms with Crippen molar-refractivity contribution < 1.29 is 4.74 Å². The van der Waals surface area contributed by atoms with Crippen LogP contribution in [0.2, 0.25) is 0 Å². The first kappa shape index (κ1) is 21.2. The average Bonchev–Trinajstić information content (AvgIpc) is 3.30. The molecule has 0 fully saturated rings. The van der Waals surface area contributed by atoms with Crippen molar-refractivity contribution in [3.05, 3.63) is 89.1 Å². The highest BCUT2D eigenvalue weighted by Crippen LogP contribution is 2.26. The maximum absolute atomic E-state index is 5.51. The van der Waals surface area contributed by atoms with Crippen molar-refractivity contribution in [3.8, 4) is 11.4 Å².